The van der Waals surface area contributed by atoms with Crippen LogP contribution < -0.4 is 9.47 Å². The Morgan fingerprint density at radius 1 is 0.714 bits per heavy atom. The topological polar surface area (TPSA) is 256 Å². The van der Waals surface area contributed by atoms with Gasteiger partial charge in [0.1, 0.15) is 60.3 Å². The number of ketones is 1. The number of benzene rings is 2. The van der Waals surface area contributed by atoms with E-state index in [9.17, 15) is 55.9 Å². The lowest BCUT2D eigenvalue weighted by molar-refractivity contribution is -0.277. The highest BCUT2D eigenvalue weighted by molar-refractivity contribution is 6.08. The van der Waals surface area contributed by atoms with Gasteiger partial charge in [0.15, 0.2) is 17.3 Å². The van der Waals surface area contributed by atoms with Crippen LogP contribution in [-0.2, 0) is 9.47 Å². The Labute approximate surface area is 238 Å². The number of allylic oxidation sites excluding steroid dienone is 1. The molecule has 0 aliphatic carbocycles. The van der Waals surface area contributed by atoms with Crippen LogP contribution in [0.15, 0.2) is 42.5 Å². The van der Waals surface area contributed by atoms with Gasteiger partial charge in [0.25, 0.3) is 0 Å². The van der Waals surface area contributed by atoms with E-state index >= 15 is 0 Å². The first kappa shape index (κ1) is 31.6. The third kappa shape index (κ3) is 6.66. The number of carbonyl (C=O) groups excluding carboxylic acids is 1. The van der Waals surface area contributed by atoms with Gasteiger partial charge in [0, 0.05) is 6.07 Å². The Balaban J connectivity index is 1.51. The van der Waals surface area contributed by atoms with E-state index in [1.165, 1.54) is 36.4 Å². The molecule has 42 heavy (non-hydrogen) atoms. The van der Waals surface area contributed by atoms with Crippen molar-refractivity contribution in [3.05, 3.63) is 53.6 Å². The zero-order valence-corrected chi connectivity index (χ0v) is 21.8. The van der Waals surface area contributed by atoms with Crippen LogP contribution in [0.3, 0.4) is 0 Å². The first-order valence-corrected chi connectivity index (χ1v) is 12.8. The molecule has 2 heterocycles. The molecular weight excluding hydrogens is 564 g/mol. The van der Waals surface area contributed by atoms with E-state index in [0.29, 0.717) is 5.56 Å². The standard InChI is InChI=1S/C27H32O15/c28-9-18-20(33)22(35)24(37)26(41-18)39-16-8-12(30)3-4-13(16)14(31)5-1-11-2-6-15(32)17(7-11)40-27-25(38)23(36)21(34)19(10-29)42-27/h1-8,18-30,32-38H,9-10H2. The lowest BCUT2D eigenvalue weighted by Gasteiger charge is -2.39. The number of phenolic OH excluding ortho intramolecular Hbond substituents is 2. The smallest absolute Gasteiger partial charge is 0.229 e. The predicted molar refractivity (Wildman–Crippen MR) is 138 cm³/mol. The molecule has 10 N–H and O–H groups in total. The number of hydrogen-bond acceptors (Lipinski definition) is 15. The van der Waals surface area contributed by atoms with Crippen molar-refractivity contribution in [3.8, 4) is 23.0 Å². The first-order chi connectivity index (χ1) is 19.9. The maximum absolute atomic E-state index is 13.1. The van der Waals surface area contributed by atoms with E-state index in [0.717, 1.165) is 12.1 Å². The molecule has 10 atom stereocenters. The molecule has 0 saturated carbocycles. The van der Waals surface area contributed by atoms with Gasteiger partial charge in [-0.3, -0.25) is 4.79 Å². The number of aromatic hydroxyl groups is 2. The predicted octanol–water partition coefficient (Wildman–Crippen LogP) is -2.65. The highest BCUT2D eigenvalue weighted by atomic mass is 16.7. The number of phenols is 2. The van der Waals surface area contributed by atoms with Crippen LogP contribution in [0.5, 0.6) is 23.0 Å². The van der Waals surface area contributed by atoms with Gasteiger partial charge >= 0.3 is 0 Å². The van der Waals surface area contributed by atoms with Gasteiger partial charge in [-0.2, -0.15) is 0 Å². The van der Waals surface area contributed by atoms with Crippen LogP contribution in [-0.4, -0.2) is 131 Å². The van der Waals surface area contributed by atoms with Crippen LogP contribution in [0.2, 0.25) is 0 Å². The van der Waals surface area contributed by atoms with Gasteiger partial charge in [-0.15, -0.1) is 0 Å². The second kappa shape index (κ2) is 13.3. The largest absolute Gasteiger partial charge is 0.508 e. The van der Waals surface area contributed by atoms with Gasteiger partial charge in [0.2, 0.25) is 12.6 Å². The molecule has 2 aliphatic rings. The Morgan fingerprint density at radius 3 is 1.81 bits per heavy atom. The molecule has 4 rings (SSSR count). The van der Waals surface area contributed by atoms with Crippen LogP contribution in [0.1, 0.15) is 15.9 Å². The summed E-state index contributed by atoms with van der Waals surface area (Å²) in [6, 6.07) is 7.41. The van der Waals surface area contributed by atoms with Crippen molar-refractivity contribution < 1.29 is 74.8 Å². The third-order valence-corrected chi connectivity index (χ3v) is 6.82. The molecule has 2 aromatic rings. The number of rotatable bonds is 9. The van der Waals surface area contributed by atoms with Crippen molar-refractivity contribution in [2.75, 3.05) is 13.2 Å². The van der Waals surface area contributed by atoms with Crippen molar-refractivity contribution in [3.63, 3.8) is 0 Å². The van der Waals surface area contributed by atoms with Gasteiger partial charge in [-0.05, 0) is 35.9 Å². The van der Waals surface area contributed by atoms with Crippen molar-refractivity contribution in [2.24, 2.45) is 0 Å². The molecule has 0 radical (unpaired) electrons. The van der Waals surface area contributed by atoms with Gasteiger partial charge in [-0.25, -0.2) is 0 Å². The molecule has 2 aromatic carbocycles. The molecule has 2 fully saturated rings. The minimum Gasteiger partial charge on any atom is -0.508 e. The van der Waals surface area contributed by atoms with Gasteiger partial charge in [0.05, 0.1) is 18.8 Å². The second-order valence-electron chi connectivity index (χ2n) is 9.74. The van der Waals surface area contributed by atoms with E-state index < -0.39 is 80.4 Å². The number of ether oxygens (including phenoxy) is 4. The SMILES string of the molecule is O=C(C=Cc1ccc(O)c(OC2OC(CO)C(O)C(O)C2O)c1)c1ccc(O)cc1OC1OC(CO)C(O)C(O)C1O. The van der Waals surface area contributed by atoms with Crippen LogP contribution in [0.25, 0.3) is 6.08 Å². The average molecular weight is 597 g/mol. The molecule has 15 heteroatoms. The maximum Gasteiger partial charge on any atom is 0.229 e. The van der Waals surface area contributed by atoms with Crippen molar-refractivity contribution in [1.29, 1.82) is 0 Å². The molecule has 0 spiro atoms. The number of hydrogen-bond donors (Lipinski definition) is 10. The molecule has 2 aliphatic heterocycles. The molecule has 2 saturated heterocycles. The summed E-state index contributed by atoms with van der Waals surface area (Å²) in [4.78, 5) is 13.1. The van der Waals surface area contributed by atoms with E-state index in [4.69, 9.17) is 18.9 Å². The number of aliphatic hydroxyl groups excluding tert-OH is 8. The molecule has 0 bridgehead atoms. The summed E-state index contributed by atoms with van der Waals surface area (Å²) in [7, 11) is 0. The van der Waals surface area contributed by atoms with Crippen LogP contribution >= 0.6 is 0 Å². The molecule has 0 aromatic heterocycles. The van der Waals surface area contributed by atoms with Gasteiger partial charge in [-0.1, -0.05) is 12.1 Å². The van der Waals surface area contributed by atoms with Crippen molar-refractivity contribution in [2.45, 2.75) is 61.4 Å². The second-order valence-corrected chi connectivity index (χ2v) is 9.74. The van der Waals surface area contributed by atoms with Crippen LogP contribution in [0.4, 0.5) is 0 Å². The zero-order valence-electron chi connectivity index (χ0n) is 21.8. The number of carbonyl (C=O) groups is 1. The third-order valence-electron chi connectivity index (χ3n) is 6.82. The fourth-order valence-electron chi connectivity index (χ4n) is 4.38. The molecule has 15 nitrogen and oxygen atoms in total. The summed E-state index contributed by atoms with van der Waals surface area (Å²) in [5.74, 6) is -1.80. The normalized spacial score (nSPS) is 33.4. The minimum atomic E-state index is -1.76. The molecular formula is C27H32O15. The van der Waals surface area contributed by atoms with Gasteiger partial charge < -0.3 is 70.0 Å². The number of aliphatic hydroxyl groups is 8. The lowest BCUT2D eigenvalue weighted by atomic mass is 9.99. The first-order valence-electron chi connectivity index (χ1n) is 12.8. The summed E-state index contributed by atoms with van der Waals surface area (Å²) in [6.07, 6.45) is -13.4. The monoisotopic (exact) mass is 596 g/mol. The summed E-state index contributed by atoms with van der Waals surface area (Å²) >= 11 is 0. The van der Waals surface area contributed by atoms with E-state index in [1.54, 1.807) is 0 Å². The van der Waals surface area contributed by atoms with Crippen LogP contribution in [0, 0.1) is 0 Å². The van der Waals surface area contributed by atoms with E-state index in [2.05, 4.69) is 0 Å². The molecule has 10 unspecified atom stereocenters. The Kier molecular flexibility index (Phi) is 10.0. The molecule has 230 valence electrons. The van der Waals surface area contributed by atoms with E-state index in [-0.39, 0.29) is 28.6 Å². The maximum atomic E-state index is 13.1. The Bertz CT molecular complexity index is 1260. The minimum absolute atomic E-state index is 0.0995. The average Bonchev–Trinajstić information content (AvgIpc) is 2.97. The summed E-state index contributed by atoms with van der Waals surface area (Å²) in [6.45, 7) is -1.38. The Hall–Kier alpha value is -3.35. The summed E-state index contributed by atoms with van der Waals surface area (Å²) < 4.78 is 21.6. The summed E-state index contributed by atoms with van der Waals surface area (Å²) in [5, 5.41) is 99.3. The Morgan fingerprint density at radius 2 is 1.26 bits per heavy atom. The van der Waals surface area contributed by atoms with Crippen molar-refractivity contribution in [1.82, 2.24) is 0 Å². The fourth-order valence-corrected chi connectivity index (χ4v) is 4.38. The summed E-state index contributed by atoms with van der Waals surface area (Å²) in [5.41, 5.74) is 0.216. The molecule has 0 amide bonds. The van der Waals surface area contributed by atoms with E-state index in [1.807, 2.05) is 0 Å². The fraction of sp³-hybridized carbons (Fsp3) is 0.444. The van der Waals surface area contributed by atoms with Crippen molar-refractivity contribution >= 4 is 11.9 Å². The zero-order chi connectivity index (χ0) is 30.7. The quantitative estimate of drug-likeness (QED) is 0.105. The highest BCUT2D eigenvalue weighted by Gasteiger charge is 2.46. The highest BCUT2D eigenvalue weighted by Crippen LogP contribution is 2.33. The lowest BCUT2D eigenvalue weighted by Crippen LogP contribution is -2.60.